The Bertz CT molecular complexity index is 1940. The summed E-state index contributed by atoms with van der Waals surface area (Å²) in [4.78, 5) is 106. The second-order valence-electron chi connectivity index (χ2n) is 23.3. The zero-order valence-corrected chi connectivity index (χ0v) is 52.8. The largest absolute Gasteiger partial charge is 0.479 e. The smallest absolute Gasteiger partial charge is 0.337 e. The number of nitrogens with zero attached hydrogens (tertiary/aromatic N) is 1. The molecule has 15 N–H and O–H groups in total. The van der Waals surface area contributed by atoms with Gasteiger partial charge < -0.3 is 87.0 Å². The average molecular weight is 1240 g/mol. The minimum atomic E-state index is -3.81. The Labute approximate surface area is 505 Å². The average Bonchev–Trinajstić information content (AvgIpc) is 1.65. The molecular formula is C59H111N6O19P. The number of aliphatic carboxylic acids is 1. The molecule has 1 heterocycles. The highest BCUT2D eigenvalue weighted by atomic mass is 31.1. The number of rotatable bonds is 52. The van der Waals surface area contributed by atoms with Crippen molar-refractivity contribution in [1.29, 1.82) is 0 Å². The lowest BCUT2D eigenvalue weighted by Gasteiger charge is -2.44. The number of hydrogen-bond acceptors (Lipinski definition) is 20. The van der Waals surface area contributed by atoms with Gasteiger partial charge in [0.25, 0.3) is 0 Å². The molecule has 0 aromatic rings. The number of nitrogens with two attached hydrogens (primary N) is 4. The number of ketones is 1. The van der Waals surface area contributed by atoms with Gasteiger partial charge in [-0.15, -0.1) is 0 Å². The number of esters is 2. The van der Waals surface area contributed by atoms with Gasteiger partial charge in [-0.3, -0.25) is 33.3 Å². The topological polar surface area (TPSA) is 423 Å². The van der Waals surface area contributed by atoms with E-state index in [0.29, 0.717) is 24.2 Å². The van der Waals surface area contributed by atoms with Gasteiger partial charge in [-0.25, -0.2) is 4.79 Å². The van der Waals surface area contributed by atoms with Crippen molar-refractivity contribution in [2.24, 2.45) is 22.9 Å². The van der Waals surface area contributed by atoms with E-state index in [1.54, 1.807) is 0 Å². The minimum absolute atomic E-state index is 0.0477. The Morgan fingerprint density at radius 1 is 0.729 bits per heavy atom. The molecule has 1 rings (SSSR count). The molecule has 85 heavy (non-hydrogen) atoms. The number of unbranched alkanes of at least 4 members (excludes halogenated alkanes) is 24. The highest BCUT2D eigenvalue weighted by Crippen LogP contribution is 2.32. The van der Waals surface area contributed by atoms with E-state index in [9.17, 15) is 68.6 Å². The van der Waals surface area contributed by atoms with Crippen molar-refractivity contribution >= 4 is 49.7 Å². The molecule has 3 amide bonds. The Kier molecular flexibility index (Phi) is 41.7. The highest BCUT2D eigenvalue weighted by Gasteiger charge is 2.54. The fourth-order valence-corrected chi connectivity index (χ4v) is 11.1. The Morgan fingerprint density at radius 2 is 1.18 bits per heavy atom. The van der Waals surface area contributed by atoms with Crippen LogP contribution in [-0.4, -0.2) is 175 Å². The first-order valence-electron chi connectivity index (χ1n) is 31.5. The third-order valence-corrected chi connectivity index (χ3v) is 16.4. The first-order chi connectivity index (χ1) is 40.4. The molecule has 1 fully saturated rings. The van der Waals surface area contributed by atoms with Crippen molar-refractivity contribution in [2.75, 3.05) is 26.3 Å². The van der Waals surface area contributed by atoms with Gasteiger partial charge in [-0.05, 0) is 40.0 Å². The Morgan fingerprint density at radius 3 is 1.56 bits per heavy atom. The molecule has 0 aromatic heterocycles. The van der Waals surface area contributed by atoms with E-state index in [0.717, 1.165) is 71.6 Å². The number of primary amides is 1. The van der Waals surface area contributed by atoms with Gasteiger partial charge in [0.05, 0.1) is 31.5 Å². The third kappa shape index (κ3) is 29.9. The van der Waals surface area contributed by atoms with Crippen LogP contribution in [0.3, 0.4) is 0 Å². The summed E-state index contributed by atoms with van der Waals surface area (Å²) >= 11 is 0. The number of carbonyl (C=O) groups is 7. The fourth-order valence-electron chi connectivity index (χ4n) is 10.7. The SMILES string of the molecule is CCCCCCCCCCCCCCCC(=O)OC([C@H](CO)OC(=O)CCCCCCCCCCCCCCC)[C@@](C)(N)C(=O)N[C@H](CCC(=O)N(CC(C)O[C@@H]1[C@@H](N)[C@@H](O)O[C@H](CO)[C@H]1O)[C@](C[C@@H](CN)O[PH](=O)O)(C(C)=O)C(=O)O)C(N)=O. The Balaban J connectivity index is 3.43. The summed E-state index contributed by atoms with van der Waals surface area (Å²) in [5.41, 5.74) is 19.0. The van der Waals surface area contributed by atoms with Crippen LogP contribution < -0.4 is 28.3 Å². The summed E-state index contributed by atoms with van der Waals surface area (Å²) in [5, 5.41) is 54.9. The van der Waals surface area contributed by atoms with E-state index in [4.69, 9.17) is 46.4 Å². The molecule has 0 aromatic carbocycles. The monoisotopic (exact) mass is 1240 g/mol. The molecule has 1 aliphatic heterocycles. The number of carboxylic acid groups (broad SMARTS) is 1. The molecule has 1 saturated heterocycles. The van der Waals surface area contributed by atoms with Crippen LogP contribution >= 0.6 is 8.25 Å². The van der Waals surface area contributed by atoms with Gasteiger partial charge in [-0.2, -0.15) is 0 Å². The zero-order valence-electron chi connectivity index (χ0n) is 51.8. The lowest BCUT2D eigenvalue weighted by molar-refractivity contribution is -0.263. The van der Waals surface area contributed by atoms with Crippen LogP contribution in [-0.2, 0) is 61.6 Å². The summed E-state index contributed by atoms with van der Waals surface area (Å²) in [5.74, 6) is -8.35. The maximum Gasteiger partial charge on any atom is 0.337 e. The maximum atomic E-state index is 14.6. The predicted molar refractivity (Wildman–Crippen MR) is 319 cm³/mol. The maximum absolute atomic E-state index is 14.6. The number of nitrogens with one attached hydrogen (secondary N) is 1. The van der Waals surface area contributed by atoms with Gasteiger partial charge in [-0.1, -0.05) is 168 Å². The molecular weight excluding hydrogens is 1130 g/mol. The van der Waals surface area contributed by atoms with E-state index < -0.39 is 167 Å². The molecule has 0 spiro atoms. The minimum Gasteiger partial charge on any atom is -0.479 e. The van der Waals surface area contributed by atoms with Crippen molar-refractivity contribution < 1.29 is 92.0 Å². The number of ether oxygens (including phenoxy) is 4. The number of carbonyl (C=O) groups excluding carboxylic acids is 6. The summed E-state index contributed by atoms with van der Waals surface area (Å²) in [6.45, 7) is 4.46. The normalized spacial score (nSPS) is 20.6. The van der Waals surface area contributed by atoms with Crippen molar-refractivity contribution in [3.8, 4) is 0 Å². The number of aliphatic hydroxyl groups is 4. The van der Waals surface area contributed by atoms with Gasteiger partial charge in [0.1, 0.15) is 29.9 Å². The van der Waals surface area contributed by atoms with Crippen LogP contribution in [0.2, 0.25) is 0 Å². The molecule has 0 aliphatic carbocycles. The van der Waals surface area contributed by atoms with E-state index in [-0.39, 0.29) is 12.8 Å². The number of carboxylic acids is 1. The molecule has 13 atom stereocenters. The second kappa shape index (κ2) is 44.7. The van der Waals surface area contributed by atoms with Gasteiger partial charge >= 0.3 is 26.2 Å². The van der Waals surface area contributed by atoms with Crippen molar-refractivity contribution in [3.63, 3.8) is 0 Å². The van der Waals surface area contributed by atoms with Crippen LogP contribution in [0.15, 0.2) is 0 Å². The van der Waals surface area contributed by atoms with E-state index in [1.807, 2.05) is 0 Å². The van der Waals surface area contributed by atoms with E-state index >= 15 is 0 Å². The van der Waals surface area contributed by atoms with Crippen molar-refractivity contribution in [1.82, 2.24) is 10.2 Å². The number of aliphatic hydroxyl groups excluding tert-OH is 4. The van der Waals surface area contributed by atoms with Crippen molar-refractivity contribution in [2.45, 2.75) is 306 Å². The van der Waals surface area contributed by atoms with E-state index in [2.05, 4.69) is 19.2 Å². The standard InChI is InChI=1S/C59H111N6O19P/c1-6-8-10-12-14-16-18-20-22-24-26-28-30-32-48(70)81-46(40-67)53(83-49(71)33-31-29-27-25-23-21-19-17-15-13-11-9-7-2)58(5,63)56(75)64-44(54(62)73)34-35-47(69)65(59(42(4)68,57(76)77)36-43(37-60)84-85(78)79)38-41(3)80-52-50(61)55(74)82-45(39-66)51(52)72/h41,43-46,50-53,55,66-67,72,74,85H,6-40,60-61,63H2,1-5H3,(H2,62,73)(H,64,75)(H,76,77)(H,78,79)/t41?,43-,44+,45+,46-,50+,51+,52+,53?,55-,58+,59+/m0/s1. The molecule has 0 radical (unpaired) electrons. The lowest BCUT2D eigenvalue weighted by Crippen LogP contribution is -2.67. The summed E-state index contributed by atoms with van der Waals surface area (Å²) in [7, 11) is -3.81. The first kappa shape index (κ1) is 79.3. The zero-order chi connectivity index (χ0) is 64.0. The first-order valence-corrected chi connectivity index (χ1v) is 32.7. The molecule has 25 nitrogen and oxygen atoms in total. The van der Waals surface area contributed by atoms with Crippen molar-refractivity contribution in [3.05, 3.63) is 0 Å². The van der Waals surface area contributed by atoms with Crippen LogP contribution in [0, 0.1) is 0 Å². The van der Waals surface area contributed by atoms with Gasteiger partial charge in [0.15, 0.2) is 24.3 Å². The fraction of sp³-hybridized carbons (Fsp3) is 0.881. The van der Waals surface area contributed by atoms with E-state index in [1.165, 1.54) is 96.8 Å². The van der Waals surface area contributed by atoms with Crippen LogP contribution in [0.5, 0.6) is 0 Å². The van der Waals surface area contributed by atoms with Gasteiger partial charge in [0.2, 0.25) is 23.3 Å². The summed E-state index contributed by atoms with van der Waals surface area (Å²) in [6, 6.07) is -3.25. The second-order valence-corrected chi connectivity index (χ2v) is 24.0. The predicted octanol–water partition coefficient (Wildman–Crippen LogP) is 4.76. The lowest BCUT2D eigenvalue weighted by atomic mass is 9.85. The third-order valence-electron chi connectivity index (χ3n) is 15.9. The number of hydrogen-bond donors (Lipinski definition) is 11. The molecule has 496 valence electrons. The molecule has 0 bridgehead atoms. The Hall–Kier alpha value is -3.72. The number of amides is 3. The molecule has 26 heteroatoms. The molecule has 1 aliphatic rings. The molecule has 3 unspecified atom stereocenters. The quantitative estimate of drug-likeness (QED) is 0.0169. The van der Waals surface area contributed by atoms with Crippen LogP contribution in [0.4, 0.5) is 0 Å². The highest BCUT2D eigenvalue weighted by molar-refractivity contribution is 7.32. The van der Waals surface area contributed by atoms with Crippen LogP contribution in [0.25, 0.3) is 0 Å². The summed E-state index contributed by atoms with van der Waals surface area (Å²) < 4.78 is 39.3. The summed E-state index contributed by atoms with van der Waals surface area (Å²) in [6.07, 6.45) is 12.3. The number of Topliss-reactive ketones (excluding diaryl/α,β-unsaturated/α-hetero) is 1. The van der Waals surface area contributed by atoms with Crippen LogP contribution in [0.1, 0.15) is 234 Å². The van der Waals surface area contributed by atoms with Gasteiger partial charge in [0, 0.05) is 38.8 Å². The molecule has 0 saturated carbocycles.